The molecule has 0 amide bonds. The highest BCUT2D eigenvalue weighted by Crippen LogP contribution is 2.66. The standard InChI is InChI=1S/C74H82BN3/c1-68(2,3)49-29-34-60(55(40-49)47-24-20-18-21-25-47)76-63-37-32-52(71(10,11)12)43-59(63)75-58-33-28-53(72(13,14)15)44-64(58)77(61-35-30-50(69(4,5)6)41-56(61)48-26-22-19-23-27-48)66-46-54(45-65(76)67(66)75)78-62-36-31-51(70(7,8)9)42-57(62)73(16)38-39-74(73,78)17/h18-37,40-46H,38-39H2,1-17H3. The van der Waals surface area contributed by atoms with Crippen molar-refractivity contribution in [2.45, 2.75) is 169 Å². The molecule has 1 fully saturated rings. The lowest BCUT2D eigenvalue weighted by molar-refractivity contribution is 0.133. The van der Waals surface area contributed by atoms with Crippen molar-refractivity contribution in [2.24, 2.45) is 0 Å². The molecule has 0 radical (unpaired) electrons. The van der Waals surface area contributed by atoms with E-state index in [2.05, 4.69) is 296 Å². The molecule has 3 aliphatic heterocycles. The molecular weight excluding hydrogens is 942 g/mol. The molecule has 8 aromatic rings. The van der Waals surface area contributed by atoms with E-state index < -0.39 is 0 Å². The van der Waals surface area contributed by atoms with Crippen LogP contribution < -0.4 is 31.1 Å². The third-order valence-corrected chi connectivity index (χ3v) is 18.9. The van der Waals surface area contributed by atoms with Gasteiger partial charge in [-0.3, -0.25) is 0 Å². The van der Waals surface area contributed by atoms with Crippen LogP contribution in [0, 0.1) is 0 Å². The van der Waals surface area contributed by atoms with E-state index in [0.717, 1.165) is 12.8 Å². The zero-order valence-corrected chi connectivity index (χ0v) is 49.9. The van der Waals surface area contributed by atoms with Crippen LogP contribution in [0.4, 0.5) is 45.5 Å². The molecule has 0 saturated heterocycles. The van der Waals surface area contributed by atoms with Gasteiger partial charge in [0, 0.05) is 50.7 Å². The maximum atomic E-state index is 2.79. The van der Waals surface area contributed by atoms with E-state index in [4.69, 9.17) is 0 Å². The molecule has 12 rings (SSSR count). The average Bonchev–Trinajstić information content (AvgIpc) is 2.46. The summed E-state index contributed by atoms with van der Waals surface area (Å²) in [5, 5.41) is 0. The number of nitrogens with zero attached hydrogens (tertiary/aromatic N) is 3. The Balaban J connectivity index is 1.26. The summed E-state index contributed by atoms with van der Waals surface area (Å²) >= 11 is 0. The molecule has 2 unspecified atom stereocenters. The molecule has 0 aromatic heterocycles. The Kier molecular flexibility index (Phi) is 11.6. The van der Waals surface area contributed by atoms with Crippen molar-refractivity contribution in [3.63, 3.8) is 0 Å². The Morgan fingerprint density at radius 1 is 0.359 bits per heavy atom. The molecule has 0 spiro atoms. The number of anilines is 8. The summed E-state index contributed by atoms with van der Waals surface area (Å²) in [4.78, 5) is 8.18. The Labute approximate surface area is 468 Å². The molecule has 396 valence electrons. The molecule has 1 saturated carbocycles. The van der Waals surface area contributed by atoms with E-state index in [-0.39, 0.29) is 44.7 Å². The van der Waals surface area contributed by atoms with Crippen LogP contribution in [0.1, 0.15) is 164 Å². The van der Waals surface area contributed by atoms with Crippen LogP contribution in [-0.2, 0) is 32.5 Å². The molecule has 0 bridgehead atoms. The average molecular weight is 1020 g/mol. The molecule has 78 heavy (non-hydrogen) atoms. The Bertz CT molecular complexity index is 3700. The summed E-state index contributed by atoms with van der Waals surface area (Å²) in [6.45, 7) is 40.4. The topological polar surface area (TPSA) is 9.72 Å². The third kappa shape index (κ3) is 8.04. The lowest BCUT2D eigenvalue weighted by Gasteiger charge is -2.56. The van der Waals surface area contributed by atoms with Crippen LogP contribution in [0.25, 0.3) is 22.3 Å². The van der Waals surface area contributed by atoms with Crippen LogP contribution in [0.2, 0.25) is 0 Å². The third-order valence-electron chi connectivity index (χ3n) is 18.9. The number of fused-ring (bicyclic) bond motifs is 7. The minimum absolute atomic E-state index is 0.0185. The van der Waals surface area contributed by atoms with Gasteiger partial charge in [-0.15, -0.1) is 0 Å². The predicted molar refractivity (Wildman–Crippen MR) is 338 cm³/mol. The van der Waals surface area contributed by atoms with Gasteiger partial charge in [-0.1, -0.05) is 220 Å². The minimum Gasteiger partial charge on any atom is -0.334 e. The number of hydrogen-bond acceptors (Lipinski definition) is 3. The van der Waals surface area contributed by atoms with Gasteiger partial charge in [0.25, 0.3) is 6.71 Å². The van der Waals surface area contributed by atoms with Crippen LogP contribution in [-0.4, -0.2) is 12.3 Å². The monoisotopic (exact) mass is 1020 g/mol. The fourth-order valence-electron chi connectivity index (χ4n) is 13.6. The molecule has 2 atom stereocenters. The first-order chi connectivity index (χ1) is 36.6. The van der Waals surface area contributed by atoms with Gasteiger partial charge in [0.1, 0.15) is 0 Å². The number of rotatable bonds is 5. The fourth-order valence-corrected chi connectivity index (χ4v) is 13.6. The summed E-state index contributed by atoms with van der Waals surface area (Å²) in [6.07, 6.45) is 2.27. The number of benzene rings is 8. The lowest BCUT2D eigenvalue weighted by Crippen LogP contribution is -2.62. The number of hydrogen-bond donors (Lipinski definition) is 0. The van der Waals surface area contributed by atoms with Crippen molar-refractivity contribution >= 4 is 68.6 Å². The SMILES string of the molecule is CC(C)(C)c1ccc2c(c1)B1c3ccc(C(C)(C)C)cc3N(c3ccc(C(C)(C)C)cc3-c3ccccc3)c3cc(N4c5ccc(C(C)(C)C)cc5C5(C)CCC45C)cc(c31)N2c1ccc(C(C)(C)C)cc1-c1ccccc1. The highest BCUT2D eigenvalue weighted by atomic mass is 15.3. The first-order valence-corrected chi connectivity index (χ1v) is 29.0. The molecule has 4 aliphatic rings. The van der Waals surface area contributed by atoms with Crippen molar-refractivity contribution in [3.05, 3.63) is 197 Å². The van der Waals surface area contributed by atoms with Crippen molar-refractivity contribution < 1.29 is 0 Å². The molecule has 4 heteroatoms. The zero-order chi connectivity index (χ0) is 55.4. The normalized spacial score (nSPS) is 18.7. The molecule has 3 heterocycles. The first-order valence-electron chi connectivity index (χ1n) is 29.0. The van der Waals surface area contributed by atoms with Gasteiger partial charge >= 0.3 is 0 Å². The minimum atomic E-state index is -0.144. The fraction of sp³-hybridized carbons (Fsp3) is 0.351. The van der Waals surface area contributed by atoms with Crippen molar-refractivity contribution in [3.8, 4) is 22.3 Å². The first kappa shape index (κ1) is 52.0. The maximum Gasteiger partial charge on any atom is 0.252 e. The summed E-state index contributed by atoms with van der Waals surface area (Å²) < 4.78 is 0. The van der Waals surface area contributed by atoms with Crippen molar-refractivity contribution in [1.29, 1.82) is 0 Å². The molecule has 3 nitrogen and oxygen atoms in total. The summed E-state index contributed by atoms with van der Waals surface area (Å²) in [5.74, 6) is 0. The van der Waals surface area contributed by atoms with E-state index in [0.29, 0.717) is 0 Å². The van der Waals surface area contributed by atoms with E-state index in [1.807, 2.05) is 0 Å². The zero-order valence-electron chi connectivity index (χ0n) is 49.9. The van der Waals surface area contributed by atoms with Crippen LogP contribution in [0.15, 0.2) is 164 Å². The van der Waals surface area contributed by atoms with Crippen LogP contribution >= 0.6 is 0 Å². The second-order valence-electron chi connectivity index (χ2n) is 29.2. The Hall–Kier alpha value is -6.78. The van der Waals surface area contributed by atoms with Gasteiger partial charge in [0.05, 0.1) is 16.9 Å². The molecule has 8 aromatic carbocycles. The predicted octanol–water partition coefficient (Wildman–Crippen LogP) is 18.6. The quantitative estimate of drug-likeness (QED) is 0.159. The largest absolute Gasteiger partial charge is 0.334 e. The highest BCUT2D eigenvalue weighted by molar-refractivity contribution is 7.00. The van der Waals surface area contributed by atoms with Gasteiger partial charge in [-0.2, -0.15) is 0 Å². The van der Waals surface area contributed by atoms with E-state index in [1.165, 1.54) is 118 Å². The second-order valence-corrected chi connectivity index (χ2v) is 29.2. The molecule has 0 N–H and O–H groups in total. The molecular formula is C74H82BN3. The van der Waals surface area contributed by atoms with E-state index in [9.17, 15) is 0 Å². The van der Waals surface area contributed by atoms with Gasteiger partial charge < -0.3 is 14.7 Å². The second kappa shape index (κ2) is 17.4. The highest BCUT2D eigenvalue weighted by Gasteiger charge is 2.63. The Morgan fingerprint density at radius 2 is 0.769 bits per heavy atom. The van der Waals surface area contributed by atoms with Crippen LogP contribution in [0.3, 0.4) is 0 Å². The van der Waals surface area contributed by atoms with Crippen molar-refractivity contribution in [1.82, 2.24) is 0 Å². The molecule has 1 aliphatic carbocycles. The van der Waals surface area contributed by atoms with Gasteiger partial charge in [-0.25, -0.2) is 0 Å². The summed E-state index contributed by atoms with van der Waals surface area (Å²) in [5.41, 5.74) is 26.6. The van der Waals surface area contributed by atoms with E-state index >= 15 is 0 Å². The maximum absolute atomic E-state index is 2.79. The Morgan fingerprint density at radius 3 is 1.23 bits per heavy atom. The smallest absolute Gasteiger partial charge is 0.252 e. The van der Waals surface area contributed by atoms with Gasteiger partial charge in [0.2, 0.25) is 0 Å². The van der Waals surface area contributed by atoms with Crippen molar-refractivity contribution in [2.75, 3.05) is 14.7 Å². The summed E-state index contributed by atoms with van der Waals surface area (Å²) in [7, 11) is 0. The summed E-state index contributed by atoms with van der Waals surface area (Å²) in [6, 6.07) is 64.6. The van der Waals surface area contributed by atoms with Gasteiger partial charge in [0.15, 0.2) is 0 Å². The van der Waals surface area contributed by atoms with E-state index in [1.54, 1.807) is 0 Å². The lowest BCUT2D eigenvalue weighted by atomic mass is 9.33. The van der Waals surface area contributed by atoms with Gasteiger partial charge in [-0.05, 0) is 162 Å². The van der Waals surface area contributed by atoms with Crippen LogP contribution in [0.5, 0.6) is 0 Å².